The van der Waals surface area contributed by atoms with Gasteiger partial charge in [-0.25, -0.2) is 4.98 Å². The third-order valence-corrected chi connectivity index (χ3v) is 3.06. The summed E-state index contributed by atoms with van der Waals surface area (Å²) >= 11 is 3.50. The fourth-order valence-corrected chi connectivity index (χ4v) is 1.66. The molecule has 0 spiro atoms. The Morgan fingerprint density at radius 1 is 1.47 bits per heavy atom. The summed E-state index contributed by atoms with van der Waals surface area (Å²) in [6.45, 7) is 2.83. The molecule has 15 heavy (non-hydrogen) atoms. The molecule has 0 unspecified atom stereocenters. The van der Waals surface area contributed by atoms with Crippen LogP contribution < -0.4 is 5.32 Å². The van der Waals surface area contributed by atoms with E-state index in [-0.39, 0.29) is 0 Å². The highest BCUT2D eigenvalue weighted by Crippen LogP contribution is 2.20. The molecule has 2 aromatic rings. The van der Waals surface area contributed by atoms with E-state index in [1.54, 1.807) is 6.33 Å². The molecule has 0 fully saturated rings. The lowest BCUT2D eigenvalue weighted by Crippen LogP contribution is -1.99. The van der Waals surface area contributed by atoms with Crippen molar-refractivity contribution in [1.82, 2.24) is 9.97 Å². The SMILES string of the molecule is Cc1ccc(NCc2cnc[nH]2)cc1Br. The Balaban J connectivity index is 2.02. The highest BCUT2D eigenvalue weighted by molar-refractivity contribution is 9.10. The van der Waals surface area contributed by atoms with Crippen LogP contribution in [0.25, 0.3) is 0 Å². The smallest absolute Gasteiger partial charge is 0.0922 e. The molecule has 0 radical (unpaired) electrons. The summed E-state index contributed by atoms with van der Waals surface area (Å²) in [5, 5.41) is 3.31. The molecule has 1 aromatic carbocycles. The number of benzene rings is 1. The van der Waals surface area contributed by atoms with Gasteiger partial charge in [0.2, 0.25) is 0 Å². The predicted octanol–water partition coefficient (Wildman–Crippen LogP) is 3.09. The van der Waals surface area contributed by atoms with E-state index >= 15 is 0 Å². The Morgan fingerprint density at radius 3 is 3.00 bits per heavy atom. The van der Waals surface area contributed by atoms with E-state index in [9.17, 15) is 0 Å². The van der Waals surface area contributed by atoms with Crippen LogP contribution in [0.5, 0.6) is 0 Å². The number of nitrogens with one attached hydrogen (secondary N) is 2. The standard InChI is InChI=1S/C11H12BrN3/c1-8-2-3-9(4-11(8)12)14-6-10-5-13-7-15-10/h2-5,7,14H,6H2,1H3,(H,13,15). The zero-order valence-corrected chi connectivity index (χ0v) is 10.0. The van der Waals surface area contributed by atoms with E-state index in [1.165, 1.54) is 5.56 Å². The molecule has 0 atom stereocenters. The van der Waals surface area contributed by atoms with Gasteiger partial charge in [0.05, 0.1) is 18.6 Å². The van der Waals surface area contributed by atoms with Gasteiger partial charge < -0.3 is 10.3 Å². The van der Waals surface area contributed by atoms with Crippen LogP contribution in [0, 0.1) is 6.92 Å². The summed E-state index contributed by atoms with van der Waals surface area (Å²) in [6.07, 6.45) is 3.50. The number of imidazole rings is 1. The van der Waals surface area contributed by atoms with Crippen LogP contribution in [-0.2, 0) is 6.54 Å². The van der Waals surface area contributed by atoms with Crippen LogP contribution in [0.3, 0.4) is 0 Å². The van der Waals surface area contributed by atoms with Gasteiger partial charge in [-0.1, -0.05) is 22.0 Å². The number of hydrogen-bond donors (Lipinski definition) is 2. The minimum absolute atomic E-state index is 0.759. The largest absolute Gasteiger partial charge is 0.379 e. The van der Waals surface area contributed by atoms with Crippen LogP contribution >= 0.6 is 15.9 Å². The van der Waals surface area contributed by atoms with Gasteiger partial charge in [-0.05, 0) is 24.6 Å². The number of aromatic nitrogens is 2. The van der Waals surface area contributed by atoms with Crippen molar-refractivity contribution in [3.05, 3.63) is 46.5 Å². The van der Waals surface area contributed by atoms with Gasteiger partial charge in [-0.2, -0.15) is 0 Å². The summed E-state index contributed by atoms with van der Waals surface area (Å²) in [4.78, 5) is 7.01. The number of nitrogens with zero attached hydrogens (tertiary/aromatic N) is 1. The van der Waals surface area contributed by atoms with E-state index in [4.69, 9.17) is 0 Å². The van der Waals surface area contributed by atoms with Gasteiger partial charge in [0.1, 0.15) is 0 Å². The average Bonchev–Trinajstić information content (AvgIpc) is 2.73. The molecule has 0 aliphatic carbocycles. The Hall–Kier alpha value is -1.29. The molecule has 3 nitrogen and oxygen atoms in total. The second-order valence-corrected chi connectivity index (χ2v) is 4.25. The van der Waals surface area contributed by atoms with E-state index < -0.39 is 0 Å². The minimum atomic E-state index is 0.759. The molecule has 0 saturated heterocycles. The van der Waals surface area contributed by atoms with Crippen molar-refractivity contribution in [3.63, 3.8) is 0 Å². The summed E-state index contributed by atoms with van der Waals surface area (Å²) in [5.74, 6) is 0. The first-order valence-corrected chi connectivity index (χ1v) is 5.52. The molecule has 1 aromatic heterocycles. The summed E-state index contributed by atoms with van der Waals surface area (Å²) in [6, 6.07) is 6.22. The second-order valence-electron chi connectivity index (χ2n) is 3.39. The van der Waals surface area contributed by atoms with Gasteiger partial charge in [0, 0.05) is 16.4 Å². The molecule has 0 saturated carbocycles. The number of aromatic amines is 1. The Morgan fingerprint density at radius 2 is 2.33 bits per heavy atom. The van der Waals surface area contributed by atoms with Crippen molar-refractivity contribution >= 4 is 21.6 Å². The molecule has 1 heterocycles. The van der Waals surface area contributed by atoms with Crippen molar-refractivity contribution < 1.29 is 0 Å². The maximum atomic E-state index is 3.96. The zero-order chi connectivity index (χ0) is 10.7. The molecular weight excluding hydrogens is 254 g/mol. The summed E-state index contributed by atoms with van der Waals surface area (Å²) < 4.78 is 1.12. The van der Waals surface area contributed by atoms with Gasteiger partial charge >= 0.3 is 0 Å². The quantitative estimate of drug-likeness (QED) is 0.896. The van der Waals surface area contributed by atoms with Crippen LogP contribution in [0.2, 0.25) is 0 Å². The van der Waals surface area contributed by atoms with Crippen LogP contribution in [0.1, 0.15) is 11.3 Å². The van der Waals surface area contributed by atoms with Gasteiger partial charge in [-0.3, -0.25) is 0 Å². The minimum Gasteiger partial charge on any atom is -0.379 e. The maximum absolute atomic E-state index is 3.96. The van der Waals surface area contributed by atoms with Gasteiger partial charge in [0.25, 0.3) is 0 Å². The van der Waals surface area contributed by atoms with Crippen LogP contribution in [0.4, 0.5) is 5.69 Å². The number of anilines is 1. The van der Waals surface area contributed by atoms with Crippen molar-refractivity contribution in [1.29, 1.82) is 0 Å². The number of halogens is 1. The van der Waals surface area contributed by atoms with Crippen molar-refractivity contribution in [2.75, 3.05) is 5.32 Å². The summed E-state index contributed by atoms with van der Waals surface area (Å²) in [7, 11) is 0. The third-order valence-electron chi connectivity index (χ3n) is 2.21. The first-order chi connectivity index (χ1) is 7.25. The van der Waals surface area contributed by atoms with E-state index in [2.05, 4.69) is 56.3 Å². The van der Waals surface area contributed by atoms with E-state index in [0.717, 1.165) is 22.4 Å². The van der Waals surface area contributed by atoms with Crippen molar-refractivity contribution in [2.45, 2.75) is 13.5 Å². The maximum Gasteiger partial charge on any atom is 0.0922 e. The molecule has 2 N–H and O–H groups in total. The van der Waals surface area contributed by atoms with Crippen molar-refractivity contribution in [3.8, 4) is 0 Å². The topological polar surface area (TPSA) is 40.7 Å². The number of H-pyrrole nitrogens is 1. The lowest BCUT2D eigenvalue weighted by atomic mass is 10.2. The number of aryl methyl sites for hydroxylation is 1. The Labute approximate surface area is 97.1 Å². The third kappa shape index (κ3) is 2.59. The monoisotopic (exact) mass is 265 g/mol. The molecule has 0 aliphatic heterocycles. The van der Waals surface area contributed by atoms with Gasteiger partial charge in [-0.15, -0.1) is 0 Å². The zero-order valence-electron chi connectivity index (χ0n) is 8.42. The van der Waals surface area contributed by atoms with Gasteiger partial charge in [0.15, 0.2) is 0 Å². The fourth-order valence-electron chi connectivity index (χ4n) is 1.28. The number of hydrogen-bond acceptors (Lipinski definition) is 2. The molecular formula is C11H12BrN3. The summed E-state index contributed by atoms with van der Waals surface area (Å²) in [5.41, 5.74) is 3.41. The molecule has 4 heteroatoms. The van der Waals surface area contributed by atoms with Crippen LogP contribution in [0.15, 0.2) is 35.2 Å². The fraction of sp³-hybridized carbons (Fsp3) is 0.182. The van der Waals surface area contributed by atoms with E-state index in [0.29, 0.717) is 0 Å². The highest BCUT2D eigenvalue weighted by atomic mass is 79.9. The van der Waals surface area contributed by atoms with Crippen molar-refractivity contribution in [2.24, 2.45) is 0 Å². The highest BCUT2D eigenvalue weighted by Gasteiger charge is 1.98. The molecule has 0 aliphatic rings. The van der Waals surface area contributed by atoms with E-state index in [1.807, 2.05) is 6.20 Å². The molecule has 2 rings (SSSR count). The lowest BCUT2D eigenvalue weighted by molar-refractivity contribution is 1.07. The first-order valence-electron chi connectivity index (χ1n) is 4.73. The number of rotatable bonds is 3. The average molecular weight is 266 g/mol. The molecule has 0 amide bonds. The Bertz CT molecular complexity index is 437. The Kier molecular flexibility index (Phi) is 3.06. The first kappa shape index (κ1) is 10.2. The van der Waals surface area contributed by atoms with Crippen LogP contribution in [-0.4, -0.2) is 9.97 Å². The second kappa shape index (κ2) is 4.49. The molecule has 78 valence electrons. The lowest BCUT2D eigenvalue weighted by Gasteiger charge is -2.06. The predicted molar refractivity (Wildman–Crippen MR) is 64.8 cm³/mol. The molecule has 0 bridgehead atoms. The normalized spacial score (nSPS) is 10.3.